The maximum Gasteiger partial charge on any atom is 0.224 e. The van der Waals surface area contributed by atoms with Crippen LogP contribution in [-0.4, -0.2) is 17.6 Å². The fourth-order valence-corrected chi connectivity index (χ4v) is 2.12. The van der Waals surface area contributed by atoms with E-state index < -0.39 is 0 Å². The van der Waals surface area contributed by atoms with Crippen LogP contribution in [0.15, 0.2) is 48.5 Å². The number of carbonyl (C=O) groups is 1. The van der Waals surface area contributed by atoms with Gasteiger partial charge in [0.2, 0.25) is 5.91 Å². The van der Waals surface area contributed by atoms with Gasteiger partial charge in [0.1, 0.15) is 0 Å². The van der Waals surface area contributed by atoms with Gasteiger partial charge >= 0.3 is 0 Å². The van der Waals surface area contributed by atoms with Crippen LogP contribution in [0.4, 0.5) is 11.4 Å². The van der Waals surface area contributed by atoms with Crippen molar-refractivity contribution >= 4 is 17.3 Å². The number of aliphatic hydroxyl groups is 1. The molecule has 2 aromatic carbocycles. The van der Waals surface area contributed by atoms with E-state index in [1.165, 1.54) is 0 Å². The average molecular weight is 284 g/mol. The quantitative estimate of drug-likeness (QED) is 0.713. The molecule has 0 radical (unpaired) electrons. The van der Waals surface area contributed by atoms with Crippen LogP contribution in [0.1, 0.15) is 17.5 Å². The topological polar surface area (TPSA) is 75.4 Å². The summed E-state index contributed by atoms with van der Waals surface area (Å²) in [7, 11) is 0. The van der Waals surface area contributed by atoms with Gasteiger partial charge in [-0.3, -0.25) is 4.79 Å². The molecule has 0 heterocycles. The highest BCUT2D eigenvalue weighted by atomic mass is 16.2. The number of rotatable bonds is 6. The number of carbonyl (C=O) groups excluding carboxylic acids is 1. The molecule has 21 heavy (non-hydrogen) atoms. The SMILES string of the molecule is Nc1ccccc1CCC(=O)Nc1ccc(CCO)cc1. The van der Waals surface area contributed by atoms with Crippen molar-refractivity contribution in [3.05, 3.63) is 59.7 Å². The summed E-state index contributed by atoms with van der Waals surface area (Å²) in [5, 5.41) is 11.7. The first kappa shape index (κ1) is 15.1. The average Bonchev–Trinajstić information content (AvgIpc) is 2.49. The van der Waals surface area contributed by atoms with Gasteiger partial charge in [0, 0.05) is 24.4 Å². The molecule has 0 atom stereocenters. The maximum absolute atomic E-state index is 11.9. The Morgan fingerprint density at radius 1 is 1.05 bits per heavy atom. The molecule has 0 saturated carbocycles. The van der Waals surface area contributed by atoms with E-state index in [-0.39, 0.29) is 12.5 Å². The van der Waals surface area contributed by atoms with E-state index in [4.69, 9.17) is 10.8 Å². The van der Waals surface area contributed by atoms with Crippen LogP contribution in [-0.2, 0) is 17.6 Å². The van der Waals surface area contributed by atoms with Crippen molar-refractivity contribution < 1.29 is 9.90 Å². The maximum atomic E-state index is 11.9. The zero-order chi connectivity index (χ0) is 15.1. The van der Waals surface area contributed by atoms with Gasteiger partial charge in [-0.15, -0.1) is 0 Å². The van der Waals surface area contributed by atoms with Crippen molar-refractivity contribution in [3.8, 4) is 0 Å². The first-order chi connectivity index (χ1) is 10.2. The van der Waals surface area contributed by atoms with Crippen LogP contribution < -0.4 is 11.1 Å². The number of amides is 1. The van der Waals surface area contributed by atoms with Gasteiger partial charge in [0.15, 0.2) is 0 Å². The minimum Gasteiger partial charge on any atom is -0.399 e. The number of aliphatic hydroxyl groups excluding tert-OH is 1. The summed E-state index contributed by atoms with van der Waals surface area (Å²) in [6, 6.07) is 15.1. The van der Waals surface area contributed by atoms with Crippen LogP contribution in [0.25, 0.3) is 0 Å². The Morgan fingerprint density at radius 2 is 1.76 bits per heavy atom. The Hall–Kier alpha value is -2.33. The molecule has 1 amide bonds. The van der Waals surface area contributed by atoms with Gasteiger partial charge in [-0.05, 0) is 42.2 Å². The van der Waals surface area contributed by atoms with Crippen LogP contribution in [0.3, 0.4) is 0 Å². The largest absolute Gasteiger partial charge is 0.399 e. The number of para-hydroxylation sites is 1. The molecule has 0 aliphatic rings. The minimum atomic E-state index is -0.0341. The van der Waals surface area contributed by atoms with Crippen molar-refractivity contribution in [2.75, 3.05) is 17.7 Å². The predicted octanol–water partition coefficient (Wildman–Crippen LogP) is 2.37. The van der Waals surface area contributed by atoms with E-state index in [0.29, 0.717) is 19.3 Å². The lowest BCUT2D eigenvalue weighted by Crippen LogP contribution is -2.12. The second kappa shape index (κ2) is 7.45. The van der Waals surface area contributed by atoms with Gasteiger partial charge < -0.3 is 16.2 Å². The fourth-order valence-electron chi connectivity index (χ4n) is 2.12. The first-order valence-corrected chi connectivity index (χ1v) is 7.02. The highest BCUT2D eigenvalue weighted by Crippen LogP contribution is 2.14. The normalized spacial score (nSPS) is 10.3. The van der Waals surface area contributed by atoms with Gasteiger partial charge in [-0.2, -0.15) is 0 Å². The second-order valence-corrected chi connectivity index (χ2v) is 4.92. The van der Waals surface area contributed by atoms with E-state index in [2.05, 4.69) is 5.32 Å². The Kier molecular flexibility index (Phi) is 5.35. The van der Waals surface area contributed by atoms with E-state index in [1.54, 1.807) is 0 Å². The molecule has 0 aliphatic carbocycles. The van der Waals surface area contributed by atoms with Crippen molar-refractivity contribution in [1.29, 1.82) is 0 Å². The Labute approximate surface area is 124 Å². The summed E-state index contributed by atoms with van der Waals surface area (Å²) >= 11 is 0. The summed E-state index contributed by atoms with van der Waals surface area (Å²) in [5.41, 5.74) is 9.38. The molecule has 0 bridgehead atoms. The highest BCUT2D eigenvalue weighted by molar-refractivity contribution is 5.90. The molecule has 0 fully saturated rings. The van der Waals surface area contributed by atoms with E-state index in [0.717, 1.165) is 22.5 Å². The van der Waals surface area contributed by atoms with Crippen molar-refractivity contribution in [2.45, 2.75) is 19.3 Å². The Balaban J connectivity index is 1.85. The van der Waals surface area contributed by atoms with Gasteiger partial charge in [0.25, 0.3) is 0 Å². The number of hydrogen-bond acceptors (Lipinski definition) is 3. The number of nitrogens with one attached hydrogen (secondary N) is 1. The molecule has 0 saturated heterocycles. The molecule has 4 heteroatoms. The third-order valence-electron chi connectivity index (χ3n) is 3.31. The third kappa shape index (κ3) is 4.61. The van der Waals surface area contributed by atoms with Gasteiger partial charge in [0.05, 0.1) is 0 Å². The smallest absolute Gasteiger partial charge is 0.224 e. The summed E-state index contributed by atoms with van der Waals surface area (Å²) in [5.74, 6) is -0.0341. The Bertz CT molecular complexity index is 594. The molecule has 4 N–H and O–H groups in total. The van der Waals surface area contributed by atoms with Crippen molar-refractivity contribution in [2.24, 2.45) is 0 Å². The lowest BCUT2D eigenvalue weighted by Gasteiger charge is -2.07. The molecular formula is C17H20N2O2. The van der Waals surface area contributed by atoms with Crippen molar-refractivity contribution in [3.63, 3.8) is 0 Å². The molecule has 0 aliphatic heterocycles. The number of anilines is 2. The number of hydrogen-bond donors (Lipinski definition) is 3. The van der Waals surface area contributed by atoms with Crippen LogP contribution >= 0.6 is 0 Å². The number of benzene rings is 2. The van der Waals surface area contributed by atoms with E-state index in [1.807, 2.05) is 48.5 Å². The second-order valence-electron chi connectivity index (χ2n) is 4.92. The zero-order valence-electron chi connectivity index (χ0n) is 11.9. The lowest BCUT2D eigenvalue weighted by molar-refractivity contribution is -0.116. The van der Waals surface area contributed by atoms with Crippen LogP contribution in [0, 0.1) is 0 Å². The van der Waals surface area contributed by atoms with Gasteiger partial charge in [-0.1, -0.05) is 30.3 Å². The first-order valence-electron chi connectivity index (χ1n) is 7.02. The summed E-state index contributed by atoms with van der Waals surface area (Å²) in [6.07, 6.45) is 1.65. The molecule has 4 nitrogen and oxygen atoms in total. The molecular weight excluding hydrogens is 264 g/mol. The highest BCUT2D eigenvalue weighted by Gasteiger charge is 2.05. The minimum absolute atomic E-state index is 0.0341. The number of nitrogen functional groups attached to an aromatic ring is 1. The van der Waals surface area contributed by atoms with Gasteiger partial charge in [-0.25, -0.2) is 0 Å². The molecule has 2 rings (SSSR count). The molecule has 110 valence electrons. The predicted molar refractivity (Wildman–Crippen MR) is 85.0 cm³/mol. The van der Waals surface area contributed by atoms with Crippen LogP contribution in [0.5, 0.6) is 0 Å². The number of aryl methyl sites for hydroxylation is 1. The molecule has 0 spiro atoms. The molecule has 0 unspecified atom stereocenters. The summed E-state index contributed by atoms with van der Waals surface area (Å²) in [4.78, 5) is 11.9. The standard InChI is InChI=1S/C17H20N2O2/c18-16-4-2-1-3-14(16)7-10-17(21)19-15-8-5-13(6-9-15)11-12-20/h1-6,8-9,20H,7,10-12,18H2,(H,19,21). The van der Waals surface area contributed by atoms with E-state index in [9.17, 15) is 4.79 Å². The molecule has 2 aromatic rings. The van der Waals surface area contributed by atoms with E-state index >= 15 is 0 Å². The summed E-state index contributed by atoms with van der Waals surface area (Å²) < 4.78 is 0. The Morgan fingerprint density at radius 3 is 2.43 bits per heavy atom. The summed E-state index contributed by atoms with van der Waals surface area (Å²) in [6.45, 7) is 0.129. The van der Waals surface area contributed by atoms with Crippen LogP contribution in [0.2, 0.25) is 0 Å². The third-order valence-corrected chi connectivity index (χ3v) is 3.31. The number of nitrogens with two attached hydrogens (primary N) is 1. The molecule has 0 aromatic heterocycles. The monoisotopic (exact) mass is 284 g/mol. The fraction of sp³-hybridized carbons (Fsp3) is 0.235. The lowest BCUT2D eigenvalue weighted by atomic mass is 10.1. The zero-order valence-corrected chi connectivity index (χ0v) is 11.9. The van der Waals surface area contributed by atoms with Crippen molar-refractivity contribution in [1.82, 2.24) is 0 Å².